The number of aromatic nitrogens is 2. The minimum absolute atomic E-state index is 0.0715. The van der Waals surface area contributed by atoms with Crippen molar-refractivity contribution in [1.82, 2.24) is 20.2 Å². The molecule has 3 heterocycles. The molecule has 0 saturated carbocycles. The summed E-state index contributed by atoms with van der Waals surface area (Å²) >= 11 is 0. The van der Waals surface area contributed by atoms with E-state index >= 15 is 0 Å². The number of hydrogen-bond acceptors (Lipinski definition) is 9. The van der Waals surface area contributed by atoms with Gasteiger partial charge in [0.1, 0.15) is 30.1 Å². The Balaban J connectivity index is 1.63. The molecule has 196 valence electrons. The standard InChI is InChI=1S/C26H38N6O4/c1-17-24(28-20-9-11-35-15-20)29-25(19-6-5-7-23(12-19)36-16-22(34)13-27-3)30-26(17)32-10-8-21(14-32)31(4)18(2)33/h5-7,12,20-22,27,34H,8-11,13-16H2,1-4H3,(H,28,29,30). The summed E-state index contributed by atoms with van der Waals surface area (Å²) in [6.45, 7) is 7.24. The Bertz CT molecular complexity index is 1050. The maximum Gasteiger partial charge on any atom is 0.219 e. The summed E-state index contributed by atoms with van der Waals surface area (Å²) in [6.07, 6.45) is 1.23. The van der Waals surface area contributed by atoms with Crippen molar-refractivity contribution in [3.8, 4) is 17.1 Å². The molecule has 36 heavy (non-hydrogen) atoms. The molecule has 4 rings (SSSR count). The van der Waals surface area contributed by atoms with Gasteiger partial charge in [-0.05, 0) is 38.9 Å². The number of carbonyl (C=O) groups excluding carboxylic acids is 1. The molecule has 0 bridgehead atoms. The average Bonchev–Trinajstić information content (AvgIpc) is 3.56. The van der Waals surface area contributed by atoms with Crippen molar-refractivity contribution in [2.24, 2.45) is 0 Å². The molecule has 3 atom stereocenters. The van der Waals surface area contributed by atoms with Crippen LogP contribution in [0.3, 0.4) is 0 Å². The fourth-order valence-electron chi connectivity index (χ4n) is 4.64. The fraction of sp³-hybridized carbons (Fsp3) is 0.577. The van der Waals surface area contributed by atoms with Crippen molar-refractivity contribution in [3.63, 3.8) is 0 Å². The Morgan fingerprint density at radius 2 is 2.19 bits per heavy atom. The van der Waals surface area contributed by atoms with E-state index in [0.717, 1.165) is 55.3 Å². The molecule has 1 aromatic heterocycles. The first kappa shape index (κ1) is 26.1. The lowest BCUT2D eigenvalue weighted by molar-refractivity contribution is -0.129. The maximum atomic E-state index is 11.9. The highest BCUT2D eigenvalue weighted by atomic mass is 16.5. The Labute approximate surface area is 213 Å². The zero-order chi connectivity index (χ0) is 25.7. The van der Waals surface area contributed by atoms with Crippen LogP contribution in [0.25, 0.3) is 11.4 Å². The van der Waals surface area contributed by atoms with Crippen LogP contribution in [0.1, 0.15) is 25.3 Å². The van der Waals surface area contributed by atoms with Gasteiger partial charge in [0, 0.05) is 51.3 Å². The summed E-state index contributed by atoms with van der Waals surface area (Å²) in [4.78, 5) is 25.9. The smallest absolute Gasteiger partial charge is 0.219 e. The summed E-state index contributed by atoms with van der Waals surface area (Å²) in [7, 11) is 3.65. The minimum atomic E-state index is -0.596. The van der Waals surface area contributed by atoms with Crippen molar-refractivity contribution in [2.45, 2.75) is 44.9 Å². The molecule has 1 aromatic carbocycles. The fourth-order valence-corrected chi connectivity index (χ4v) is 4.64. The lowest BCUT2D eigenvalue weighted by Gasteiger charge is -2.26. The molecule has 3 unspecified atom stereocenters. The summed E-state index contributed by atoms with van der Waals surface area (Å²) in [5.74, 6) is 2.99. The molecule has 2 saturated heterocycles. The number of rotatable bonds is 10. The number of carbonyl (C=O) groups is 1. The Hall–Kier alpha value is -2.95. The second kappa shape index (κ2) is 11.9. The van der Waals surface area contributed by atoms with Crippen LogP contribution in [0, 0.1) is 6.92 Å². The second-order valence-electron chi connectivity index (χ2n) is 9.62. The van der Waals surface area contributed by atoms with E-state index in [1.807, 2.05) is 43.1 Å². The topological polar surface area (TPSA) is 112 Å². The minimum Gasteiger partial charge on any atom is -0.491 e. The number of anilines is 2. The number of likely N-dealkylation sites (N-methyl/N-ethyl adjacent to an activating group) is 2. The number of aliphatic hydroxyl groups excluding tert-OH is 1. The predicted octanol–water partition coefficient (Wildman–Crippen LogP) is 1.67. The lowest BCUT2D eigenvalue weighted by Crippen LogP contribution is -2.38. The van der Waals surface area contributed by atoms with Gasteiger partial charge in [-0.2, -0.15) is 0 Å². The van der Waals surface area contributed by atoms with Crippen molar-refractivity contribution >= 4 is 17.5 Å². The van der Waals surface area contributed by atoms with Gasteiger partial charge in [0.05, 0.1) is 18.7 Å². The van der Waals surface area contributed by atoms with Gasteiger partial charge in [0.25, 0.3) is 0 Å². The first-order valence-corrected chi connectivity index (χ1v) is 12.6. The van der Waals surface area contributed by atoms with Crippen LogP contribution >= 0.6 is 0 Å². The molecule has 0 radical (unpaired) electrons. The third-order valence-corrected chi connectivity index (χ3v) is 6.87. The van der Waals surface area contributed by atoms with E-state index < -0.39 is 6.10 Å². The molecule has 2 aromatic rings. The molecule has 0 aliphatic carbocycles. The van der Waals surface area contributed by atoms with E-state index in [1.165, 1.54) is 0 Å². The average molecular weight is 499 g/mol. The quantitative estimate of drug-likeness (QED) is 0.450. The van der Waals surface area contributed by atoms with Gasteiger partial charge >= 0.3 is 0 Å². The summed E-state index contributed by atoms with van der Waals surface area (Å²) in [5, 5.41) is 16.5. The van der Waals surface area contributed by atoms with Gasteiger partial charge < -0.3 is 35.0 Å². The number of amides is 1. The summed E-state index contributed by atoms with van der Waals surface area (Å²) < 4.78 is 11.4. The van der Waals surface area contributed by atoms with Crippen LogP contribution in [-0.2, 0) is 9.53 Å². The highest BCUT2D eigenvalue weighted by molar-refractivity contribution is 5.73. The maximum absolute atomic E-state index is 11.9. The predicted molar refractivity (Wildman–Crippen MR) is 140 cm³/mol. The van der Waals surface area contributed by atoms with Crippen LogP contribution < -0.4 is 20.3 Å². The summed E-state index contributed by atoms with van der Waals surface area (Å²) in [5.41, 5.74) is 1.82. The Morgan fingerprint density at radius 1 is 1.36 bits per heavy atom. The number of nitrogens with zero attached hydrogens (tertiary/aromatic N) is 4. The van der Waals surface area contributed by atoms with Gasteiger partial charge in [-0.1, -0.05) is 12.1 Å². The van der Waals surface area contributed by atoms with Crippen molar-refractivity contribution in [3.05, 3.63) is 29.8 Å². The second-order valence-corrected chi connectivity index (χ2v) is 9.62. The molecular weight excluding hydrogens is 460 g/mol. The normalized spacial score (nSPS) is 20.4. The zero-order valence-corrected chi connectivity index (χ0v) is 21.7. The lowest BCUT2D eigenvalue weighted by atomic mass is 10.1. The summed E-state index contributed by atoms with van der Waals surface area (Å²) in [6, 6.07) is 7.99. The Kier molecular flexibility index (Phi) is 8.60. The molecule has 2 aliphatic rings. The van der Waals surface area contributed by atoms with Crippen molar-refractivity contribution in [1.29, 1.82) is 0 Å². The number of benzene rings is 1. The number of nitrogens with one attached hydrogen (secondary N) is 2. The molecule has 2 fully saturated rings. The highest BCUT2D eigenvalue weighted by Crippen LogP contribution is 2.32. The van der Waals surface area contributed by atoms with E-state index in [1.54, 1.807) is 14.0 Å². The van der Waals surface area contributed by atoms with Crippen LogP contribution in [0.2, 0.25) is 0 Å². The van der Waals surface area contributed by atoms with E-state index in [9.17, 15) is 9.90 Å². The first-order chi connectivity index (χ1) is 17.4. The molecule has 0 spiro atoms. The van der Waals surface area contributed by atoms with Gasteiger partial charge in [-0.3, -0.25) is 4.79 Å². The van der Waals surface area contributed by atoms with Gasteiger partial charge in [0.2, 0.25) is 5.91 Å². The van der Waals surface area contributed by atoms with Crippen molar-refractivity contribution in [2.75, 3.05) is 63.8 Å². The molecule has 10 nitrogen and oxygen atoms in total. The monoisotopic (exact) mass is 498 g/mol. The largest absolute Gasteiger partial charge is 0.491 e. The van der Waals surface area contributed by atoms with Crippen LogP contribution in [-0.4, -0.2) is 97.6 Å². The van der Waals surface area contributed by atoms with Crippen LogP contribution in [0.5, 0.6) is 5.75 Å². The van der Waals surface area contributed by atoms with Gasteiger partial charge in [-0.15, -0.1) is 0 Å². The zero-order valence-electron chi connectivity index (χ0n) is 21.7. The van der Waals surface area contributed by atoms with Crippen molar-refractivity contribution < 1.29 is 19.4 Å². The third-order valence-electron chi connectivity index (χ3n) is 6.87. The number of hydrogen-bond donors (Lipinski definition) is 3. The Morgan fingerprint density at radius 3 is 2.92 bits per heavy atom. The van der Waals surface area contributed by atoms with Crippen LogP contribution in [0.4, 0.5) is 11.6 Å². The SMILES string of the molecule is CNCC(O)COc1cccc(-c2nc(NC3CCOC3)c(C)c(N3CCC(N(C)C(C)=O)C3)n2)c1. The van der Waals surface area contributed by atoms with E-state index in [2.05, 4.69) is 15.5 Å². The molecule has 3 N–H and O–H groups in total. The van der Waals surface area contributed by atoms with Gasteiger partial charge in [0.15, 0.2) is 5.82 Å². The third kappa shape index (κ3) is 6.24. The van der Waals surface area contributed by atoms with E-state index in [4.69, 9.17) is 19.4 Å². The molecule has 2 aliphatic heterocycles. The first-order valence-electron chi connectivity index (χ1n) is 12.6. The van der Waals surface area contributed by atoms with Crippen LogP contribution in [0.15, 0.2) is 24.3 Å². The number of ether oxygens (including phenoxy) is 2. The van der Waals surface area contributed by atoms with E-state index in [-0.39, 0.29) is 24.6 Å². The van der Waals surface area contributed by atoms with E-state index in [0.29, 0.717) is 24.7 Å². The highest BCUT2D eigenvalue weighted by Gasteiger charge is 2.30. The molecule has 1 amide bonds. The molecule has 10 heteroatoms. The van der Waals surface area contributed by atoms with Gasteiger partial charge in [-0.25, -0.2) is 9.97 Å². The molecular formula is C26H38N6O4. The number of aliphatic hydroxyl groups is 1.